The number of aliphatic hydroxyl groups is 2. The molecule has 2 bridgehead atoms. The van der Waals surface area contributed by atoms with Crippen LogP contribution in [0, 0.1) is 11.8 Å². The van der Waals surface area contributed by atoms with Crippen molar-refractivity contribution in [3.05, 3.63) is 22.2 Å². The van der Waals surface area contributed by atoms with Gasteiger partial charge in [-0.05, 0) is 0 Å². The van der Waals surface area contributed by atoms with Gasteiger partial charge in [0, 0.05) is 26.1 Å². The predicted molar refractivity (Wildman–Crippen MR) is 80.8 cm³/mol. The van der Waals surface area contributed by atoms with Gasteiger partial charge in [-0.3, -0.25) is 0 Å². The first-order valence-electron chi connectivity index (χ1n) is 6.32. The van der Waals surface area contributed by atoms with E-state index in [2.05, 4.69) is 0 Å². The average molecular weight is 376 g/mol. The van der Waals surface area contributed by atoms with Gasteiger partial charge in [0.2, 0.25) is 5.79 Å². The maximum absolute atomic E-state index is 10.3. The minimum absolute atomic E-state index is 0.0762. The van der Waals surface area contributed by atoms with Crippen LogP contribution in [-0.2, 0) is 9.47 Å². The molecule has 0 amide bonds. The highest BCUT2D eigenvalue weighted by molar-refractivity contribution is 6.52. The quantitative estimate of drug-likeness (QED) is 0.441. The lowest BCUT2D eigenvalue weighted by molar-refractivity contribution is -0.222. The first kappa shape index (κ1) is 16.3. The van der Waals surface area contributed by atoms with Crippen LogP contribution in [0.25, 0.3) is 0 Å². The van der Waals surface area contributed by atoms with E-state index >= 15 is 0 Å². The molecule has 1 fully saturated rings. The second kappa shape index (κ2) is 4.74. The molecule has 6 atom stereocenters. The van der Waals surface area contributed by atoms with E-state index in [1.54, 1.807) is 0 Å². The molecule has 2 N–H and O–H groups in total. The molecule has 21 heavy (non-hydrogen) atoms. The van der Waals surface area contributed by atoms with Crippen LogP contribution in [0.4, 0.5) is 0 Å². The minimum atomic E-state index is -1.60. The van der Waals surface area contributed by atoms with Crippen molar-refractivity contribution in [3.8, 4) is 0 Å². The van der Waals surface area contributed by atoms with Crippen molar-refractivity contribution in [2.75, 3.05) is 14.2 Å². The van der Waals surface area contributed by atoms with Crippen molar-refractivity contribution in [1.29, 1.82) is 0 Å². The molecule has 0 saturated heterocycles. The van der Waals surface area contributed by atoms with E-state index < -0.39 is 39.6 Å². The molecule has 1 unspecified atom stereocenters. The number of ether oxygens (including phenoxy) is 2. The number of hydrogen-bond donors (Lipinski definition) is 2. The summed E-state index contributed by atoms with van der Waals surface area (Å²) in [6.07, 6.45) is 1.01. The van der Waals surface area contributed by atoms with E-state index in [-0.39, 0.29) is 10.1 Å². The van der Waals surface area contributed by atoms with Crippen molar-refractivity contribution >= 4 is 46.4 Å². The Morgan fingerprint density at radius 2 is 1.24 bits per heavy atom. The van der Waals surface area contributed by atoms with Crippen LogP contribution in [-0.4, -0.2) is 52.2 Å². The minimum Gasteiger partial charge on any atom is -0.389 e. The Bertz CT molecular complexity index is 504. The Labute approximate surface area is 142 Å². The first-order valence-corrected chi connectivity index (χ1v) is 7.84. The van der Waals surface area contributed by atoms with Gasteiger partial charge in [-0.1, -0.05) is 35.4 Å². The molecule has 1 saturated carbocycles. The number of halogens is 4. The van der Waals surface area contributed by atoms with Crippen LogP contribution in [0.3, 0.4) is 0 Å². The lowest BCUT2D eigenvalue weighted by Crippen LogP contribution is -2.58. The third kappa shape index (κ3) is 1.45. The molecule has 4 nitrogen and oxygen atoms in total. The maximum atomic E-state index is 10.3. The molecule has 0 aliphatic heterocycles. The van der Waals surface area contributed by atoms with Crippen LogP contribution < -0.4 is 0 Å². The molecular formula is C13H14Cl4O4. The van der Waals surface area contributed by atoms with Crippen molar-refractivity contribution in [3.63, 3.8) is 0 Å². The molecule has 0 aromatic heterocycles. The van der Waals surface area contributed by atoms with Crippen molar-refractivity contribution in [1.82, 2.24) is 0 Å². The summed E-state index contributed by atoms with van der Waals surface area (Å²) in [6.45, 7) is 0. The summed E-state index contributed by atoms with van der Waals surface area (Å²) in [7, 11) is 2.75. The van der Waals surface area contributed by atoms with Crippen LogP contribution in [0.5, 0.6) is 0 Å². The molecule has 0 radical (unpaired) electrons. The molecule has 8 heteroatoms. The van der Waals surface area contributed by atoms with Crippen molar-refractivity contribution in [2.45, 2.75) is 27.7 Å². The van der Waals surface area contributed by atoms with Crippen molar-refractivity contribution in [2.24, 2.45) is 11.8 Å². The SMILES string of the molecule is COC1(OC)[C@@]2(Cl)C(Cl)=C(Cl)[C@]1(Cl)C1[C@@H](O)C=C[C@@H](O)[C@H]12. The van der Waals surface area contributed by atoms with Gasteiger partial charge < -0.3 is 19.7 Å². The summed E-state index contributed by atoms with van der Waals surface area (Å²) in [5.74, 6) is -3.00. The van der Waals surface area contributed by atoms with Crippen molar-refractivity contribution < 1.29 is 19.7 Å². The molecule has 3 aliphatic carbocycles. The number of methoxy groups -OCH3 is 2. The number of rotatable bonds is 2. The van der Waals surface area contributed by atoms with E-state index in [0.29, 0.717) is 0 Å². The first-order chi connectivity index (χ1) is 9.74. The van der Waals surface area contributed by atoms with Gasteiger partial charge in [-0.15, -0.1) is 23.2 Å². The summed E-state index contributed by atoms with van der Waals surface area (Å²) in [6, 6.07) is 0. The van der Waals surface area contributed by atoms with E-state index in [1.165, 1.54) is 26.4 Å². The van der Waals surface area contributed by atoms with E-state index in [0.717, 1.165) is 0 Å². The lowest BCUT2D eigenvalue weighted by atomic mass is 9.72. The Kier molecular flexibility index (Phi) is 3.69. The molecule has 0 aromatic carbocycles. The van der Waals surface area contributed by atoms with Gasteiger partial charge >= 0.3 is 0 Å². The summed E-state index contributed by atoms with van der Waals surface area (Å²) in [5, 5.41) is 20.9. The second-order valence-electron chi connectivity index (χ2n) is 5.49. The number of fused-ring (bicyclic) bond motifs is 5. The maximum Gasteiger partial charge on any atom is 0.217 e. The van der Waals surface area contributed by atoms with E-state index in [9.17, 15) is 10.2 Å². The Morgan fingerprint density at radius 3 is 1.52 bits per heavy atom. The molecule has 118 valence electrons. The molecular weight excluding hydrogens is 362 g/mol. The summed E-state index contributed by atoms with van der Waals surface area (Å²) < 4.78 is 11.0. The lowest BCUT2D eigenvalue weighted by Gasteiger charge is -2.41. The second-order valence-corrected chi connectivity index (χ2v) is 7.44. The zero-order valence-electron chi connectivity index (χ0n) is 11.2. The van der Waals surface area contributed by atoms with E-state index in [1.807, 2.05) is 0 Å². The molecule has 0 heterocycles. The van der Waals surface area contributed by atoms with Gasteiger partial charge in [0.1, 0.15) is 9.75 Å². The third-order valence-corrected chi connectivity index (χ3v) is 7.56. The zero-order valence-corrected chi connectivity index (χ0v) is 14.2. The Morgan fingerprint density at radius 1 is 0.905 bits per heavy atom. The topological polar surface area (TPSA) is 58.9 Å². The fraction of sp³-hybridized carbons (Fsp3) is 0.692. The summed E-state index contributed by atoms with van der Waals surface area (Å²) in [4.78, 5) is -2.99. The van der Waals surface area contributed by atoms with Gasteiger partial charge in [-0.25, -0.2) is 0 Å². The van der Waals surface area contributed by atoms with Gasteiger partial charge in [0.05, 0.1) is 22.3 Å². The fourth-order valence-electron chi connectivity index (χ4n) is 4.14. The standard InChI is InChI=1S/C13H14Cl4O4/c1-20-13(21-2)11(16)7-5(18)3-4-6(19)8(7)12(13,17)10(15)9(11)14/h3-8,18-19H,1-2H3/t5-,6+,7-,8?,11+,12-/m1/s1. The normalized spacial score (nSPS) is 50.7. The van der Waals surface area contributed by atoms with Gasteiger partial charge in [0.15, 0.2) is 0 Å². The monoisotopic (exact) mass is 374 g/mol. The van der Waals surface area contributed by atoms with Crippen LogP contribution in [0.2, 0.25) is 0 Å². The van der Waals surface area contributed by atoms with Crippen LogP contribution in [0.1, 0.15) is 0 Å². The highest BCUT2D eigenvalue weighted by Gasteiger charge is 2.86. The number of aliphatic hydroxyl groups excluding tert-OH is 2. The summed E-state index contributed by atoms with van der Waals surface area (Å²) >= 11 is 26.2. The number of alkyl halides is 2. The highest BCUT2D eigenvalue weighted by Crippen LogP contribution is 2.75. The van der Waals surface area contributed by atoms with E-state index in [4.69, 9.17) is 55.9 Å². The fourth-order valence-corrected chi connectivity index (χ4v) is 6.41. The van der Waals surface area contributed by atoms with Crippen LogP contribution >= 0.6 is 46.4 Å². The molecule has 3 aliphatic rings. The van der Waals surface area contributed by atoms with Gasteiger partial charge in [-0.2, -0.15) is 0 Å². The summed E-state index contributed by atoms with van der Waals surface area (Å²) in [5.41, 5.74) is 0. The average Bonchev–Trinajstić information content (AvgIpc) is 2.72. The predicted octanol–water partition coefficient (Wildman–Crippen LogP) is 2.17. The van der Waals surface area contributed by atoms with Gasteiger partial charge in [0.25, 0.3) is 0 Å². The largest absolute Gasteiger partial charge is 0.389 e. The molecule has 3 rings (SSSR count). The Hall–Kier alpha value is 0.480. The zero-order chi connectivity index (χ0) is 15.8. The third-order valence-electron chi connectivity index (χ3n) is 4.91. The Balaban J connectivity index is 2.34. The highest BCUT2D eigenvalue weighted by atomic mass is 35.5. The molecule has 0 aromatic rings. The number of hydrogen-bond acceptors (Lipinski definition) is 4. The van der Waals surface area contributed by atoms with Crippen LogP contribution in [0.15, 0.2) is 22.2 Å². The molecule has 0 spiro atoms. The smallest absolute Gasteiger partial charge is 0.217 e.